The van der Waals surface area contributed by atoms with Gasteiger partial charge in [0.25, 0.3) is 0 Å². The van der Waals surface area contributed by atoms with E-state index in [1.807, 2.05) is 0 Å². The molecule has 11 aromatic rings. The average Bonchev–Trinajstić information content (AvgIpc) is 3.71. The molecule has 0 aliphatic heterocycles. The molecule has 0 heteroatoms. The minimum absolute atomic E-state index is 1.30. The summed E-state index contributed by atoms with van der Waals surface area (Å²) in [6.07, 6.45) is 0. The van der Waals surface area contributed by atoms with Crippen LogP contribution in [0.15, 0.2) is 97.1 Å². The molecule has 0 radical (unpaired) electrons. The van der Waals surface area contributed by atoms with Crippen molar-refractivity contribution in [3.8, 4) is 22.3 Å². The van der Waals surface area contributed by atoms with E-state index in [1.165, 1.54) is 164 Å². The molecule has 56 heavy (non-hydrogen) atoms. The predicted octanol–water partition coefficient (Wildman–Crippen LogP) is 16.2. The molecule has 0 aliphatic rings. The summed E-state index contributed by atoms with van der Waals surface area (Å²) in [4.78, 5) is 0. The Morgan fingerprint density at radius 2 is 0.589 bits per heavy atom. The zero-order valence-corrected chi connectivity index (χ0v) is 34.2. The molecule has 270 valence electrons. The molecule has 0 bridgehead atoms. The SMILES string of the molecule is Cc1c(C)c(C)c(-c2c3cc4c(cc3c(-c3c(C)c(C)c(C)c(C)c3C)c3c5cccc6cccc(c23)c65)c2cc3ccccc3c3cccc4c32)c(C)c1C. The molecular weight excluding hydrogens is 673 g/mol. The van der Waals surface area contributed by atoms with E-state index in [2.05, 4.69) is 166 Å². The third-order valence-electron chi connectivity index (χ3n) is 14.9. The Bertz CT molecular complexity index is 3490. The van der Waals surface area contributed by atoms with Crippen molar-refractivity contribution < 1.29 is 0 Å². The summed E-state index contributed by atoms with van der Waals surface area (Å²) < 4.78 is 0. The number of hydrogen-bond donors (Lipinski definition) is 0. The van der Waals surface area contributed by atoms with Crippen molar-refractivity contribution in [1.82, 2.24) is 0 Å². The van der Waals surface area contributed by atoms with Crippen molar-refractivity contribution in [2.24, 2.45) is 0 Å². The molecule has 0 unspecified atom stereocenters. The second-order valence-electron chi connectivity index (χ2n) is 17.0. The van der Waals surface area contributed by atoms with Gasteiger partial charge in [-0.05, 0) is 252 Å². The molecule has 0 nitrogen and oxygen atoms in total. The van der Waals surface area contributed by atoms with Crippen LogP contribution in [0.2, 0.25) is 0 Å². The van der Waals surface area contributed by atoms with E-state index in [1.54, 1.807) is 0 Å². The quantitative estimate of drug-likeness (QED) is 0.156. The lowest BCUT2D eigenvalue weighted by molar-refractivity contribution is 1.18. The maximum Gasteiger partial charge on any atom is -0.000720 e. The standard InChI is InChI=1S/C56H46/c1-27-29(3)33(7)49(34(8)30(27)4)55-47-25-44-41-21-15-20-40-39-19-12-11-16-38(39)24-46(52(40)41)45(44)26-48(47)56(50-35(9)31(5)28(2)32(6)36(50)10)54-43-23-14-18-37-17-13-22-42(51(37)43)53(54)55/h11-26H,1-10H3. The van der Waals surface area contributed by atoms with Gasteiger partial charge in [0, 0.05) is 0 Å². The van der Waals surface area contributed by atoms with Gasteiger partial charge >= 0.3 is 0 Å². The zero-order chi connectivity index (χ0) is 38.6. The van der Waals surface area contributed by atoms with Crippen LogP contribution in [0.4, 0.5) is 0 Å². The largest absolute Gasteiger partial charge is 0.0616 e. The van der Waals surface area contributed by atoms with E-state index in [0.29, 0.717) is 0 Å². The summed E-state index contributed by atoms with van der Waals surface area (Å²) in [5.74, 6) is 0. The minimum Gasteiger partial charge on any atom is -0.0616 e. The monoisotopic (exact) mass is 718 g/mol. The summed E-state index contributed by atoms with van der Waals surface area (Å²) in [6.45, 7) is 23.4. The van der Waals surface area contributed by atoms with Crippen LogP contribution < -0.4 is 0 Å². The van der Waals surface area contributed by atoms with Crippen LogP contribution in [-0.2, 0) is 0 Å². The van der Waals surface area contributed by atoms with E-state index in [4.69, 9.17) is 0 Å². The third kappa shape index (κ3) is 3.99. The van der Waals surface area contributed by atoms with Crippen LogP contribution in [-0.4, -0.2) is 0 Å². The Hall–Kier alpha value is -5.98. The second kappa shape index (κ2) is 11.3. The molecule has 0 aliphatic carbocycles. The van der Waals surface area contributed by atoms with Gasteiger partial charge in [0.2, 0.25) is 0 Å². The highest BCUT2D eigenvalue weighted by Gasteiger charge is 2.29. The summed E-state index contributed by atoms with van der Waals surface area (Å²) in [6, 6.07) is 37.5. The summed E-state index contributed by atoms with van der Waals surface area (Å²) in [7, 11) is 0. The van der Waals surface area contributed by atoms with Crippen LogP contribution in [0, 0.1) is 69.2 Å². The van der Waals surface area contributed by atoms with Gasteiger partial charge in [-0.2, -0.15) is 0 Å². The highest BCUT2D eigenvalue weighted by Crippen LogP contribution is 2.56. The van der Waals surface area contributed by atoms with E-state index >= 15 is 0 Å². The topological polar surface area (TPSA) is 0 Å². The predicted molar refractivity (Wildman–Crippen MR) is 247 cm³/mol. The molecular formula is C56H46. The van der Waals surface area contributed by atoms with Crippen LogP contribution in [0.5, 0.6) is 0 Å². The van der Waals surface area contributed by atoms with Crippen molar-refractivity contribution in [1.29, 1.82) is 0 Å². The first-order chi connectivity index (χ1) is 27.0. The second-order valence-corrected chi connectivity index (χ2v) is 17.0. The van der Waals surface area contributed by atoms with Crippen LogP contribution in [0.1, 0.15) is 55.6 Å². The third-order valence-corrected chi connectivity index (χ3v) is 14.9. The normalized spacial score (nSPS) is 12.5. The summed E-state index contributed by atoms with van der Waals surface area (Å²) in [5, 5.41) is 21.6. The van der Waals surface area contributed by atoms with Crippen molar-refractivity contribution in [2.75, 3.05) is 0 Å². The maximum atomic E-state index is 2.61. The zero-order valence-electron chi connectivity index (χ0n) is 34.2. The van der Waals surface area contributed by atoms with Crippen molar-refractivity contribution >= 4 is 86.2 Å². The number of hydrogen-bond acceptors (Lipinski definition) is 0. The minimum atomic E-state index is 1.30. The fourth-order valence-electron chi connectivity index (χ4n) is 11.1. The molecule has 0 amide bonds. The highest BCUT2D eigenvalue weighted by atomic mass is 14.3. The fourth-order valence-corrected chi connectivity index (χ4v) is 11.1. The number of benzene rings is 9. The Kier molecular flexibility index (Phi) is 6.73. The van der Waals surface area contributed by atoms with Gasteiger partial charge < -0.3 is 0 Å². The Labute approximate surface area is 329 Å². The van der Waals surface area contributed by atoms with E-state index < -0.39 is 0 Å². The van der Waals surface area contributed by atoms with Crippen molar-refractivity contribution in [2.45, 2.75) is 69.2 Å². The lowest BCUT2D eigenvalue weighted by Gasteiger charge is -2.25. The average molecular weight is 719 g/mol. The Morgan fingerprint density at radius 3 is 1.11 bits per heavy atom. The molecule has 0 saturated heterocycles. The lowest BCUT2D eigenvalue weighted by Crippen LogP contribution is -2.03. The Morgan fingerprint density at radius 1 is 0.214 bits per heavy atom. The summed E-state index contributed by atoms with van der Waals surface area (Å²) in [5.41, 5.74) is 19.5. The smallest absolute Gasteiger partial charge is 0.000720 e. The van der Waals surface area contributed by atoms with E-state index in [0.717, 1.165) is 0 Å². The molecule has 11 rings (SSSR count). The Balaban J connectivity index is 1.51. The van der Waals surface area contributed by atoms with Gasteiger partial charge in [-0.3, -0.25) is 0 Å². The van der Waals surface area contributed by atoms with Crippen LogP contribution in [0.25, 0.3) is 108 Å². The highest BCUT2D eigenvalue weighted by molar-refractivity contribution is 6.43. The fraction of sp³-hybridized carbons (Fsp3) is 0.179. The first-order valence-corrected chi connectivity index (χ1v) is 20.3. The number of fused-ring (bicyclic) bond motifs is 9. The van der Waals surface area contributed by atoms with Crippen LogP contribution in [0.3, 0.4) is 0 Å². The van der Waals surface area contributed by atoms with Gasteiger partial charge in [-0.15, -0.1) is 0 Å². The molecule has 0 heterocycles. The first kappa shape index (κ1) is 33.4. The molecule has 0 saturated carbocycles. The van der Waals surface area contributed by atoms with Crippen molar-refractivity contribution in [3.63, 3.8) is 0 Å². The molecule has 0 atom stereocenters. The first-order valence-electron chi connectivity index (χ1n) is 20.3. The van der Waals surface area contributed by atoms with E-state index in [-0.39, 0.29) is 0 Å². The van der Waals surface area contributed by atoms with Gasteiger partial charge in [-0.1, -0.05) is 78.9 Å². The van der Waals surface area contributed by atoms with E-state index in [9.17, 15) is 0 Å². The van der Waals surface area contributed by atoms with Crippen molar-refractivity contribution in [3.05, 3.63) is 153 Å². The number of rotatable bonds is 2. The van der Waals surface area contributed by atoms with Gasteiger partial charge in [0.1, 0.15) is 0 Å². The van der Waals surface area contributed by atoms with Gasteiger partial charge in [0.15, 0.2) is 0 Å². The van der Waals surface area contributed by atoms with Gasteiger partial charge in [-0.25, -0.2) is 0 Å². The molecule has 0 spiro atoms. The van der Waals surface area contributed by atoms with Crippen LogP contribution >= 0.6 is 0 Å². The molecule has 0 aromatic heterocycles. The molecule has 11 aromatic carbocycles. The lowest BCUT2D eigenvalue weighted by atomic mass is 9.78. The molecule has 0 fully saturated rings. The summed E-state index contributed by atoms with van der Waals surface area (Å²) >= 11 is 0. The molecule has 0 N–H and O–H groups in total. The maximum absolute atomic E-state index is 2.61. The van der Waals surface area contributed by atoms with Gasteiger partial charge in [0.05, 0.1) is 0 Å².